The molecular weight excluding hydrogens is 308 g/mol. The number of carbonyl (C=O) groups is 1. The molecule has 1 aliphatic carbocycles. The van der Waals surface area contributed by atoms with Crippen LogP contribution in [0.5, 0.6) is 0 Å². The third-order valence-electron chi connectivity index (χ3n) is 4.54. The Balaban J connectivity index is 1.69. The van der Waals surface area contributed by atoms with Crippen LogP contribution < -0.4 is 0 Å². The Morgan fingerprint density at radius 3 is 2.67 bits per heavy atom. The van der Waals surface area contributed by atoms with Crippen LogP contribution in [-0.4, -0.2) is 22.8 Å². The predicted molar refractivity (Wildman–Crippen MR) is 88.9 cm³/mol. The van der Waals surface area contributed by atoms with Crippen molar-refractivity contribution in [2.24, 2.45) is 5.92 Å². The second-order valence-electron chi connectivity index (χ2n) is 6.54. The number of nitrogens with zero attached hydrogens (tertiary/aromatic N) is 2. The molecule has 6 heteroatoms. The SMILES string of the molecule is Cc1cc(C(=O)N(C)Cc2ccc(C3CC3C)o2)ccc1[N+](=O)[O-]. The molecule has 0 spiro atoms. The van der Waals surface area contributed by atoms with Gasteiger partial charge in [-0.3, -0.25) is 14.9 Å². The highest BCUT2D eigenvalue weighted by molar-refractivity contribution is 5.94. The van der Waals surface area contributed by atoms with Crippen LogP contribution in [0.3, 0.4) is 0 Å². The Morgan fingerprint density at radius 2 is 2.08 bits per heavy atom. The molecule has 0 bridgehead atoms. The first-order chi connectivity index (χ1) is 11.4. The molecule has 3 rings (SSSR count). The minimum atomic E-state index is -0.448. The molecule has 1 aromatic heterocycles. The average Bonchev–Trinajstić information content (AvgIpc) is 3.08. The van der Waals surface area contributed by atoms with E-state index in [1.807, 2.05) is 12.1 Å². The maximum Gasteiger partial charge on any atom is 0.272 e. The maximum atomic E-state index is 12.5. The lowest BCUT2D eigenvalue weighted by Gasteiger charge is -2.16. The fourth-order valence-corrected chi connectivity index (χ4v) is 2.92. The largest absolute Gasteiger partial charge is 0.464 e. The highest BCUT2D eigenvalue weighted by Crippen LogP contribution is 2.47. The smallest absolute Gasteiger partial charge is 0.272 e. The Kier molecular flexibility index (Phi) is 4.13. The molecule has 0 radical (unpaired) electrons. The number of amides is 1. The molecule has 126 valence electrons. The Morgan fingerprint density at radius 1 is 1.38 bits per heavy atom. The minimum absolute atomic E-state index is 0.0171. The highest BCUT2D eigenvalue weighted by Gasteiger charge is 2.36. The van der Waals surface area contributed by atoms with Gasteiger partial charge in [0.05, 0.1) is 11.5 Å². The van der Waals surface area contributed by atoms with Gasteiger partial charge in [0.1, 0.15) is 11.5 Å². The number of carbonyl (C=O) groups excluding carboxylic acids is 1. The van der Waals surface area contributed by atoms with Crippen LogP contribution in [0.4, 0.5) is 5.69 Å². The first-order valence-electron chi connectivity index (χ1n) is 7.96. The number of hydrogen-bond acceptors (Lipinski definition) is 4. The van der Waals surface area contributed by atoms with Crippen molar-refractivity contribution in [3.63, 3.8) is 0 Å². The number of nitro groups is 1. The molecule has 2 aromatic rings. The zero-order valence-corrected chi connectivity index (χ0v) is 14.0. The van der Waals surface area contributed by atoms with E-state index in [1.54, 1.807) is 24.9 Å². The first-order valence-corrected chi connectivity index (χ1v) is 7.96. The predicted octanol–water partition coefficient (Wildman–Crippen LogP) is 3.89. The fraction of sp³-hybridized carbons (Fsp3) is 0.389. The van der Waals surface area contributed by atoms with Gasteiger partial charge in [-0.25, -0.2) is 0 Å². The van der Waals surface area contributed by atoms with Gasteiger partial charge in [-0.1, -0.05) is 6.92 Å². The van der Waals surface area contributed by atoms with Gasteiger partial charge in [0, 0.05) is 30.2 Å². The molecule has 2 atom stereocenters. The number of rotatable bonds is 5. The summed E-state index contributed by atoms with van der Waals surface area (Å²) in [4.78, 5) is 24.5. The zero-order chi connectivity index (χ0) is 17.4. The second kappa shape index (κ2) is 6.11. The molecular formula is C18H20N2O4. The summed E-state index contributed by atoms with van der Waals surface area (Å²) >= 11 is 0. The molecule has 0 saturated heterocycles. The van der Waals surface area contributed by atoms with Gasteiger partial charge in [-0.2, -0.15) is 0 Å². The molecule has 1 saturated carbocycles. The summed E-state index contributed by atoms with van der Waals surface area (Å²) in [5.74, 6) is 2.73. The number of furan rings is 1. The lowest BCUT2D eigenvalue weighted by atomic mass is 10.1. The summed E-state index contributed by atoms with van der Waals surface area (Å²) in [5.41, 5.74) is 0.925. The highest BCUT2D eigenvalue weighted by atomic mass is 16.6. The number of benzene rings is 1. The monoisotopic (exact) mass is 328 g/mol. The van der Waals surface area contributed by atoms with Crippen LogP contribution in [0.1, 0.15) is 46.7 Å². The van der Waals surface area contributed by atoms with E-state index in [0.29, 0.717) is 29.5 Å². The molecule has 0 aliphatic heterocycles. The van der Waals surface area contributed by atoms with E-state index in [2.05, 4.69) is 6.92 Å². The molecule has 24 heavy (non-hydrogen) atoms. The quantitative estimate of drug-likeness (QED) is 0.616. The summed E-state index contributed by atoms with van der Waals surface area (Å²) in [6, 6.07) is 8.30. The van der Waals surface area contributed by atoms with Crippen molar-refractivity contribution < 1.29 is 14.1 Å². The summed E-state index contributed by atoms with van der Waals surface area (Å²) < 4.78 is 5.83. The second-order valence-corrected chi connectivity index (χ2v) is 6.54. The van der Waals surface area contributed by atoms with E-state index in [-0.39, 0.29) is 11.6 Å². The van der Waals surface area contributed by atoms with Crippen LogP contribution >= 0.6 is 0 Å². The van der Waals surface area contributed by atoms with Gasteiger partial charge in [0.25, 0.3) is 11.6 Å². The van der Waals surface area contributed by atoms with Crippen LogP contribution in [0.15, 0.2) is 34.7 Å². The van der Waals surface area contributed by atoms with Gasteiger partial charge >= 0.3 is 0 Å². The summed E-state index contributed by atoms with van der Waals surface area (Å²) in [6.45, 7) is 4.19. The van der Waals surface area contributed by atoms with Gasteiger partial charge in [0.2, 0.25) is 0 Å². The first kappa shape index (κ1) is 16.2. The van der Waals surface area contributed by atoms with E-state index in [9.17, 15) is 14.9 Å². The lowest BCUT2D eigenvalue weighted by molar-refractivity contribution is -0.385. The van der Waals surface area contributed by atoms with Crippen molar-refractivity contribution in [2.75, 3.05) is 7.05 Å². The third-order valence-corrected chi connectivity index (χ3v) is 4.54. The lowest BCUT2D eigenvalue weighted by Crippen LogP contribution is -2.26. The van der Waals surface area contributed by atoms with Crippen molar-refractivity contribution in [1.29, 1.82) is 0 Å². The molecule has 1 heterocycles. The molecule has 1 fully saturated rings. The Labute approximate surface area is 140 Å². The standard InChI is InChI=1S/C18H20N2O4/c1-11-9-15(11)17-7-5-14(24-17)10-19(3)18(21)13-4-6-16(20(22)23)12(2)8-13/h4-8,11,15H,9-10H2,1-3H3. The van der Waals surface area contributed by atoms with Crippen molar-refractivity contribution in [3.05, 3.63) is 63.1 Å². The Hall–Kier alpha value is -2.63. The van der Waals surface area contributed by atoms with Crippen molar-refractivity contribution in [1.82, 2.24) is 4.90 Å². The van der Waals surface area contributed by atoms with Crippen molar-refractivity contribution in [2.45, 2.75) is 32.7 Å². The van der Waals surface area contributed by atoms with Gasteiger partial charge in [0.15, 0.2) is 0 Å². The van der Waals surface area contributed by atoms with Crippen molar-refractivity contribution >= 4 is 11.6 Å². The molecule has 1 aromatic carbocycles. The Bertz CT molecular complexity index is 796. The van der Waals surface area contributed by atoms with Crippen molar-refractivity contribution in [3.8, 4) is 0 Å². The molecule has 1 amide bonds. The minimum Gasteiger partial charge on any atom is -0.464 e. The third kappa shape index (κ3) is 3.18. The van der Waals surface area contributed by atoms with Gasteiger partial charge in [-0.15, -0.1) is 0 Å². The van der Waals surface area contributed by atoms with E-state index in [4.69, 9.17) is 4.42 Å². The van der Waals surface area contributed by atoms with Crippen LogP contribution in [-0.2, 0) is 6.54 Å². The van der Waals surface area contributed by atoms with E-state index in [1.165, 1.54) is 12.1 Å². The van der Waals surface area contributed by atoms with Crippen LogP contribution in [0.25, 0.3) is 0 Å². The van der Waals surface area contributed by atoms with E-state index < -0.39 is 4.92 Å². The number of aryl methyl sites for hydroxylation is 1. The molecule has 1 aliphatic rings. The fourth-order valence-electron chi connectivity index (χ4n) is 2.92. The molecule has 0 N–H and O–H groups in total. The van der Waals surface area contributed by atoms with E-state index >= 15 is 0 Å². The summed E-state index contributed by atoms with van der Waals surface area (Å²) in [6.07, 6.45) is 1.16. The maximum absolute atomic E-state index is 12.5. The zero-order valence-electron chi connectivity index (χ0n) is 14.0. The number of nitro benzene ring substituents is 1. The van der Waals surface area contributed by atoms with Crippen LogP contribution in [0, 0.1) is 23.0 Å². The molecule has 6 nitrogen and oxygen atoms in total. The summed E-state index contributed by atoms with van der Waals surface area (Å²) in [5, 5.41) is 10.9. The topological polar surface area (TPSA) is 76.6 Å². The number of hydrogen-bond donors (Lipinski definition) is 0. The normalized spacial score (nSPS) is 19.1. The van der Waals surface area contributed by atoms with E-state index in [0.717, 1.165) is 17.9 Å². The average molecular weight is 328 g/mol. The summed E-state index contributed by atoms with van der Waals surface area (Å²) in [7, 11) is 1.70. The van der Waals surface area contributed by atoms with Gasteiger partial charge < -0.3 is 9.32 Å². The van der Waals surface area contributed by atoms with Crippen LogP contribution in [0.2, 0.25) is 0 Å². The van der Waals surface area contributed by atoms with Gasteiger partial charge in [-0.05, 0) is 43.5 Å². The molecule has 2 unspecified atom stereocenters.